The van der Waals surface area contributed by atoms with Gasteiger partial charge in [-0.3, -0.25) is 4.90 Å². The Labute approximate surface area is 134 Å². The van der Waals surface area contributed by atoms with Crippen molar-refractivity contribution in [3.63, 3.8) is 0 Å². The summed E-state index contributed by atoms with van der Waals surface area (Å²) in [5, 5.41) is 0.0515. The third-order valence-corrected chi connectivity index (χ3v) is 4.29. The number of morpholine rings is 1. The fourth-order valence-corrected chi connectivity index (χ4v) is 3.44. The van der Waals surface area contributed by atoms with Gasteiger partial charge >= 0.3 is 0 Å². The smallest absolute Gasteiger partial charge is 0.0712 e. The molecule has 0 saturated carbocycles. The van der Waals surface area contributed by atoms with E-state index < -0.39 is 0 Å². The van der Waals surface area contributed by atoms with E-state index in [1.165, 1.54) is 11.1 Å². The molecule has 1 aliphatic rings. The zero-order valence-electron chi connectivity index (χ0n) is 13.7. The van der Waals surface area contributed by atoms with Crippen LogP contribution in [0.1, 0.15) is 44.2 Å². The molecule has 1 aromatic carbocycles. The molecule has 0 bridgehead atoms. The lowest BCUT2D eigenvalue weighted by Gasteiger charge is -2.36. The Kier molecular flexibility index (Phi) is 6.09. The van der Waals surface area contributed by atoms with E-state index in [1.54, 1.807) is 0 Å². The minimum absolute atomic E-state index is 0.0515. The van der Waals surface area contributed by atoms with Crippen LogP contribution in [0.2, 0.25) is 0 Å². The van der Waals surface area contributed by atoms with Crippen LogP contribution in [0.3, 0.4) is 0 Å². The lowest BCUT2D eigenvalue weighted by atomic mass is 10.0. The minimum atomic E-state index is 0.0515. The van der Waals surface area contributed by atoms with Crippen LogP contribution in [0.4, 0.5) is 0 Å². The summed E-state index contributed by atoms with van der Waals surface area (Å²) in [6.07, 6.45) is 1.73. The number of alkyl halides is 1. The number of rotatable bonds is 5. The summed E-state index contributed by atoms with van der Waals surface area (Å²) in [5.74, 6) is 0.693. The fraction of sp³-hybridized carbons (Fsp3) is 0.667. The quantitative estimate of drug-likeness (QED) is 0.753. The predicted molar refractivity (Wildman–Crippen MR) is 90.0 cm³/mol. The lowest BCUT2D eigenvalue weighted by molar-refractivity contribution is -0.0678. The standard InChI is InChI=1S/C18H28ClNO/c1-13(2)9-16-5-7-17(8-6-16)18(19)12-20-10-14(3)21-15(4)11-20/h5-8,13-15,18H,9-12H2,1-4H3. The third kappa shape index (κ3) is 5.28. The fourth-order valence-electron chi connectivity index (χ4n) is 3.10. The first-order valence-electron chi connectivity index (χ1n) is 8.04. The monoisotopic (exact) mass is 309 g/mol. The van der Waals surface area contributed by atoms with Crippen LogP contribution in [0.5, 0.6) is 0 Å². The van der Waals surface area contributed by atoms with Crippen LogP contribution in [0.15, 0.2) is 24.3 Å². The maximum absolute atomic E-state index is 6.61. The van der Waals surface area contributed by atoms with Gasteiger partial charge in [-0.1, -0.05) is 38.1 Å². The summed E-state index contributed by atoms with van der Waals surface area (Å²) in [4.78, 5) is 2.42. The largest absolute Gasteiger partial charge is 0.373 e. The van der Waals surface area contributed by atoms with E-state index >= 15 is 0 Å². The molecular weight excluding hydrogens is 282 g/mol. The Hall–Kier alpha value is -0.570. The van der Waals surface area contributed by atoms with Crippen LogP contribution < -0.4 is 0 Å². The van der Waals surface area contributed by atoms with Gasteiger partial charge in [0.15, 0.2) is 0 Å². The molecule has 118 valence electrons. The van der Waals surface area contributed by atoms with Gasteiger partial charge in [0.2, 0.25) is 0 Å². The number of hydrogen-bond acceptors (Lipinski definition) is 2. The molecule has 0 spiro atoms. The first-order chi connectivity index (χ1) is 9.94. The molecule has 0 radical (unpaired) electrons. The van der Waals surface area contributed by atoms with Gasteiger partial charge < -0.3 is 4.74 Å². The van der Waals surface area contributed by atoms with Gasteiger partial charge in [-0.05, 0) is 37.3 Å². The van der Waals surface area contributed by atoms with Gasteiger partial charge in [0.25, 0.3) is 0 Å². The zero-order valence-corrected chi connectivity index (χ0v) is 14.4. The highest BCUT2D eigenvalue weighted by Crippen LogP contribution is 2.24. The molecule has 0 amide bonds. The van der Waals surface area contributed by atoms with Gasteiger partial charge in [-0.15, -0.1) is 11.6 Å². The van der Waals surface area contributed by atoms with Gasteiger partial charge in [0, 0.05) is 19.6 Å². The maximum atomic E-state index is 6.61. The Morgan fingerprint density at radius 2 is 1.71 bits per heavy atom. The molecule has 1 aliphatic heterocycles. The normalized spacial score (nSPS) is 25.2. The van der Waals surface area contributed by atoms with Gasteiger partial charge in [0.1, 0.15) is 0 Å². The van der Waals surface area contributed by atoms with E-state index in [0.717, 1.165) is 26.1 Å². The number of ether oxygens (including phenoxy) is 1. The summed E-state index contributed by atoms with van der Waals surface area (Å²) >= 11 is 6.61. The van der Waals surface area contributed by atoms with Crippen LogP contribution in [0, 0.1) is 5.92 Å². The van der Waals surface area contributed by atoms with Crippen molar-refractivity contribution in [3.8, 4) is 0 Å². The average molecular weight is 310 g/mol. The second kappa shape index (κ2) is 7.62. The van der Waals surface area contributed by atoms with Crippen molar-refractivity contribution in [2.45, 2.75) is 51.7 Å². The lowest BCUT2D eigenvalue weighted by Crippen LogP contribution is -2.46. The molecule has 0 aromatic heterocycles. The van der Waals surface area contributed by atoms with Crippen molar-refractivity contribution in [3.05, 3.63) is 35.4 Å². The van der Waals surface area contributed by atoms with E-state index in [2.05, 4.69) is 56.9 Å². The number of benzene rings is 1. The Morgan fingerprint density at radius 3 is 2.24 bits per heavy atom. The molecule has 3 heteroatoms. The van der Waals surface area contributed by atoms with E-state index in [-0.39, 0.29) is 5.38 Å². The second-order valence-corrected chi connectivity index (χ2v) is 7.31. The molecule has 3 unspecified atom stereocenters. The predicted octanol–water partition coefficient (Wildman–Crippen LogP) is 4.27. The first kappa shape index (κ1) is 16.8. The Balaban J connectivity index is 1.92. The van der Waals surface area contributed by atoms with Crippen molar-refractivity contribution >= 4 is 11.6 Å². The molecule has 3 atom stereocenters. The van der Waals surface area contributed by atoms with Crippen LogP contribution in [-0.2, 0) is 11.2 Å². The van der Waals surface area contributed by atoms with Crippen LogP contribution in [0.25, 0.3) is 0 Å². The first-order valence-corrected chi connectivity index (χ1v) is 8.48. The van der Waals surface area contributed by atoms with E-state index in [4.69, 9.17) is 16.3 Å². The molecule has 1 heterocycles. The van der Waals surface area contributed by atoms with Gasteiger partial charge in [-0.25, -0.2) is 0 Å². The number of nitrogens with zero attached hydrogens (tertiary/aromatic N) is 1. The molecule has 1 fully saturated rings. The number of hydrogen-bond donors (Lipinski definition) is 0. The molecule has 0 aliphatic carbocycles. The second-order valence-electron chi connectivity index (χ2n) is 6.78. The number of halogens is 1. The molecule has 2 nitrogen and oxygen atoms in total. The van der Waals surface area contributed by atoms with Crippen molar-refractivity contribution in [1.29, 1.82) is 0 Å². The topological polar surface area (TPSA) is 12.5 Å². The van der Waals surface area contributed by atoms with Crippen LogP contribution in [-0.4, -0.2) is 36.7 Å². The van der Waals surface area contributed by atoms with Crippen molar-refractivity contribution < 1.29 is 4.74 Å². The highest BCUT2D eigenvalue weighted by molar-refractivity contribution is 6.21. The Morgan fingerprint density at radius 1 is 1.14 bits per heavy atom. The Bertz CT molecular complexity index is 421. The molecule has 2 rings (SSSR count). The molecule has 0 N–H and O–H groups in total. The van der Waals surface area contributed by atoms with Crippen molar-refractivity contribution in [2.75, 3.05) is 19.6 Å². The zero-order chi connectivity index (χ0) is 15.4. The van der Waals surface area contributed by atoms with E-state index in [9.17, 15) is 0 Å². The molecule has 21 heavy (non-hydrogen) atoms. The van der Waals surface area contributed by atoms with E-state index in [1.807, 2.05) is 0 Å². The maximum Gasteiger partial charge on any atom is 0.0712 e. The highest BCUT2D eigenvalue weighted by atomic mass is 35.5. The summed E-state index contributed by atoms with van der Waals surface area (Å²) in [7, 11) is 0. The minimum Gasteiger partial charge on any atom is -0.373 e. The average Bonchev–Trinajstić information content (AvgIpc) is 2.37. The van der Waals surface area contributed by atoms with E-state index in [0.29, 0.717) is 18.1 Å². The summed E-state index contributed by atoms with van der Waals surface area (Å²) in [6, 6.07) is 8.80. The van der Waals surface area contributed by atoms with Crippen LogP contribution >= 0.6 is 11.6 Å². The SMILES string of the molecule is CC(C)Cc1ccc(C(Cl)CN2CC(C)OC(C)C2)cc1. The molecular formula is C18H28ClNO. The summed E-state index contributed by atoms with van der Waals surface area (Å²) in [6.45, 7) is 11.6. The summed E-state index contributed by atoms with van der Waals surface area (Å²) < 4.78 is 5.77. The molecule has 1 aromatic rings. The van der Waals surface area contributed by atoms with Gasteiger partial charge in [-0.2, -0.15) is 0 Å². The highest BCUT2D eigenvalue weighted by Gasteiger charge is 2.24. The van der Waals surface area contributed by atoms with Crippen molar-refractivity contribution in [2.24, 2.45) is 5.92 Å². The third-order valence-electron chi connectivity index (χ3n) is 3.90. The summed E-state index contributed by atoms with van der Waals surface area (Å²) in [5.41, 5.74) is 2.61. The molecule has 1 saturated heterocycles. The van der Waals surface area contributed by atoms with Gasteiger partial charge in [0.05, 0.1) is 17.6 Å². The van der Waals surface area contributed by atoms with Crippen molar-refractivity contribution in [1.82, 2.24) is 4.90 Å².